The largest absolute Gasteiger partial charge is 0.487 e. The van der Waals surface area contributed by atoms with Crippen LogP contribution in [0, 0.1) is 35.5 Å². The fraction of sp³-hybridized carbons (Fsp3) is 0.0833. The van der Waals surface area contributed by atoms with Crippen molar-refractivity contribution in [1.29, 1.82) is 5.26 Å². The molecule has 7 nitrogen and oxygen atoms in total. The van der Waals surface area contributed by atoms with Crippen LogP contribution in [0.3, 0.4) is 0 Å². The molecule has 0 bridgehead atoms. The van der Waals surface area contributed by atoms with Crippen molar-refractivity contribution in [2.45, 2.75) is 13.5 Å². The zero-order valence-corrected chi connectivity index (χ0v) is 22.7. The summed E-state index contributed by atoms with van der Waals surface area (Å²) in [5, 5.41) is 23.7. The Morgan fingerprint density at radius 1 is 1.18 bits per heavy atom. The molecular formula is C24H16ClI2N3O4. The van der Waals surface area contributed by atoms with E-state index in [9.17, 15) is 20.2 Å². The maximum absolute atomic E-state index is 12.7. The van der Waals surface area contributed by atoms with Crippen LogP contribution in [0.15, 0.2) is 60.2 Å². The van der Waals surface area contributed by atoms with Crippen LogP contribution in [0.25, 0.3) is 6.08 Å². The minimum atomic E-state index is -0.604. The summed E-state index contributed by atoms with van der Waals surface area (Å²) in [6.45, 7) is 2.02. The minimum absolute atomic E-state index is 0.0749. The lowest BCUT2D eigenvalue weighted by atomic mass is 10.1. The standard InChI is InChI=1S/C24H16ClI2N3O4/c1-14-8-19(30(32)33)6-7-22(14)29-24(31)17(12-28)9-16-10-20(26)23(21(27)11-16)34-13-15-2-4-18(25)5-3-15/h2-11H,13H2,1H3,(H,29,31). The van der Waals surface area contributed by atoms with Crippen LogP contribution >= 0.6 is 56.8 Å². The number of nitrogens with one attached hydrogen (secondary N) is 1. The number of hydrogen-bond acceptors (Lipinski definition) is 5. The molecule has 34 heavy (non-hydrogen) atoms. The van der Waals surface area contributed by atoms with Crippen molar-refractivity contribution >= 4 is 80.1 Å². The van der Waals surface area contributed by atoms with Gasteiger partial charge in [0.05, 0.1) is 12.1 Å². The molecule has 0 aliphatic rings. The molecule has 0 atom stereocenters. The number of nitro groups is 1. The Labute approximate surface area is 228 Å². The van der Waals surface area contributed by atoms with Crippen molar-refractivity contribution in [3.63, 3.8) is 0 Å². The third-order valence-corrected chi connectivity index (χ3v) is 6.52. The van der Waals surface area contributed by atoms with E-state index in [2.05, 4.69) is 50.5 Å². The minimum Gasteiger partial charge on any atom is -0.487 e. The number of aryl methyl sites for hydroxylation is 1. The number of rotatable bonds is 7. The van der Waals surface area contributed by atoms with Crippen LogP contribution in [0.2, 0.25) is 5.02 Å². The molecule has 0 radical (unpaired) electrons. The van der Waals surface area contributed by atoms with E-state index < -0.39 is 10.8 Å². The van der Waals surface area contributed by atoms with E-state index >= 15 is 0 Å². The first-order valence-corrected chi connectivity index (χ1v) is 12.3. The molecule has 0 heterocycles. The first kappa shape index (κ1) is 25.9. The highest BCUT2D eigenvalue weighted by atomic mass is 127. The smallest absolute Gasteiger partial charge is 0.269 e. The molecule has 3 rings (SSSR count). The van der Waals surface area contributed by atoms with Gasteiger partial charge in [0.15, 0.2) is 0 Å². The third kappa shape index (κ3) is 6.68. The Kier molecular flexibility index (Phi) is 8.87. The Balaban J connectivity index is 1.77. The lowest BCUT2D eigenvalue weighted by molar-refractivity contribution is -0.384. The van der Waals surface area contributed by atoms with E-state index in [4.69, 9.17) is 16.3 Å². The Morgan fingerprint density at radius 3 is 2.38 bits per heavy atom. The molecule has 3 aromatic rings. The first-order valence-electron chi connectivity index (χ1n) is 9.72. The molecule has 0 aliphatic carbocycles. The van der Waals surface area contributed by atoms with Crippen LogP contribution < -0.4 is 10.1 Å². The van der Waals surface area contributed by atoms with Crippen molar-refractivity contribution in [3.05, 3.63) is 99.1 Å². The van der Waals surface area contributed by atoms with Crippen LogP contribution in [0.5, 0.6) is 5.75 Å². The van der Waals surface area contributed by atoms with Gasteiger partial charge in [0.2, 0.25) is 0 Å². The van der Waals surface area contributed by atoms with Gasteiger partial charge in [0.25, 0.3) is 11.6 Å². The fourth-order valence-corrected chi connectivity index (χ4v) is 5.20. The molecule has 0 spiro atoms. The number of nitro benzene ring substituents is 1. The van der Waals surface area contributed by atoms with Gasteiger partial charge in [-0.2, -0.15) is 5.26 Å². The molecule has 0 unspecified atom stereocenters. The highest BCUT2D eigenvalue weighted by Gasteiger charge is 2.15. The SMILES string of the molecule is Cc1cc([N+](=O)[O-])ccc1NC(=O)C(C#N)=Cc1cc(I)c(OCc2ccc(Cl)cc2)c(I)c1. The molecule has 10 heteroatoms. The number of halogens is 3. The van der Waals surface area contributed by atoms with Crippen molar-refractivity contribution in [1.82, 2.24) is 0 Å². The van der Waals surface area contributed by atoms with Crippen molar-refractivity contribution < 1.29 is 14.5 Å². The summed E-state index contributed by atoms with van der Waals surface area (Å²) in [5.41, 5.74) is 2.39. The molecular weight excluding hydrogens is 684 g/mol. The van der Waals surface area contributed by atoms with E-state index in [0.717, 1.165) is 12.7 Å². The topological polar surface area (TPSA) is 105 Å². The number of anilines is 1. The predicted octanol–water partition coefficient (Wildman–Crippen LogP) is 6.89. The number of ether oxygens (including phenoxy) is 1. The summed E-state index contributed by atoms with van der Waals surface area (Å²) >= 11 is 10.2. The van der Waals surface area contributed by atoms with Gasteiger partial charge in [0.1, 0.15) is 24.0 Å². The van der Waals surface area contributed by atoms with Gasteiger partial charge >= 0.3 is 0 Å². The van der Waals surface area contributed by atoms with E-state index in [0.29, 0.717) is 34.2 Å². The van der Waals surface area contributed by atoms with Crippen molar-refractivity contribution in [2.75, 3.05) is 5.32 Å². The van der Waals surface area contributed by atoms with Crippen LogP contribution in [0.4, 0.5) is 11.4 Å². The molecule has 172 valence electrons. The molecule has 0 aromatic heterocycles. The van der Waals surface area contributed by atoms with Crippen molar-refractivity contribution in [2.24, 2.45) is 0 Å². The molecule has 0 fully saturated rings. The number of non-ortho nitro benzene ring substituents is 1. The summed E-state index contributed by atoms with van der Waals surface area (Å²) in [6, 6.07) is 17.1. The Hall–Kier alpha value is -2.69. The molecule has 1 N–H and O–H groups in total. The van der Waals surface area contributed by atoms with Crippen molar-refractivity contribution in [3.8, 4) is 11.8 Å². The average Bonchev–Trinajstić information content (AvgIpc) is 2.79. The lowest BCUT2D eigenvalue weighted by Crippen LogP contribution is -2.14. The normalized spacial score (nSPS) is 11.0. The second kappa shape index (κ2) is 11.6. The van der Waals surface area contributed by atoms with E-state index in [1.807, 2.05) is 30.3 Å². The summed E-state index contributed by atoms with van der Waals surface area (Å²) in [4.78, 5) is 23.1. The van der Waals surface area contributed by atoms with Gasteiger partial charge in [0, 0.05) is 22.8 Å². The predicted molar refractivity (Wildman–Crippen MR) is 148 cm³/mol. The van der Waals surface area contributed by atoms with Crippen LogP contribution in [-0.2, 0) is 11.4 Å². The number of nitrogens with zero attached hydrogens (tertiary/aromatic N) is 2. The van der Waals surface area contributed by atoms with E-state index in [-0.39, 0.29) is 11.3 Å². The number of nitriles is 1. The van der Waals surface area contributed by atoms with E-state index in [1.165, 1.54) is 24.3 Å². The first-order chi connectivity index (χ1) is 16.2. The monoisotopic (exact) mass is 699 g/mol. The molecule has 3 aromatic carbocycles. The Morgan fingerprint density at radius 2 is 1.82 bits per heavy atom. The van der Waals surface area contributed by atoms with Gasteiger partial charge in [-0.25, -0.2) is 0 Å². The van der Waals surface area contributed by atoms with E-state index in [1.54, 1.807) is 19.1 Å². The number of amides is 1. The second-order valence-corrected chi connectivity index (χ2v) is 9.87. The highest BCUT2D eigenvalue weighted by Crippen LogP contribution is 2.31. The zero-order valence-electron chi connectivity index (χ0n) is 17.6. The molecule has 0 aliphatic heterocycles. The van der Waals surface area contributed by atoms with Gasteiger partial charge in [-0.3, -0.25) is 14.9 Å². The molecule has 1 amide bonds. The maximum atomic E-state index is 12.7. The second-order valence-electron chi connectivity index (χ2n) is 7.11. The van der Waals surface area contributed by atoms with Crippen LogP contribution in [0.1, 0.15) is 16.7 Å². The zero-order chi connectivity index (χ0) is 24.8. The summed E-state index contributed by atoms with van der Waals surface area (Å²) in [6.07, 6.45) is 1.49. The number of benzene rings is 3. The summed E-state index contributed by atoms with van der Waals surface area (Å²) in [7, 11) is 0. The average molecular weight is 700 g/mol. The Bertz CT molecular complexity index is 1310. The third-order valence-electron chi connectivity index (χ3n) is 4.66. The molecule has 0 saturated carbocycles. The highest BCUT2D eigenvalue weighted by molar-refractivity contribution is 14.1. The summed E-state index contributed by atoms with van der Waals surface area (Å²) in [5.74, 6) is 0.102. The van der Waals surface area contributed by atoms with Crippen LogP contribution in [-0.4, -0.2) is 10.8 Å². The summed E-state index contributed by atoms with van der Waals surface area (Å²) < 4.78 is 7.63. The fourth-order valence-electron chi connectivity index (χ4n) is 2.94. The number of hydrogen-bond donors (Lipinski definition) is 1. The molecule has 0 saturated heterocycles. The lowest BCUT2D eigenvalue weighted by Gasteiger charge is -2.12. The van der Waals surface area contributed by atoms with Gasteiger partial charge in [-0.05, 0) is 105 Å². The number of carbonyl (C=O) groups is 1. The maximum Gasteiger partial charge on any atom is 0.269 e. The quantitative estimate of drug-likeness (QED) is 0.0951. The van der Waals surface area contributed by atoms with Gasteiger partial charge in [-0.15, -0.1) is 0 Å². The van der Waals surface area contributed by atoms with Gasteiger partial charge < -0.3 is 10.1 Å². The van der Waals surface area contributed by atoms with Gasteiger partial charge in [-0.1, -0.05) is 23.7 Å². The number of carbonyl (C=O) groups excluding carboxylic acids is 1.